The summed E-state index contributed by atoms with van der Waals surface area (Å²) in [6.45, 7) is 3.17. The lowest BCUT2D eigenvalue weighted by Gasteiger charge is -2.26. The fraction of sp³-hybridized carbons (Fsp3) is 0.609. The zero-order chi connectivity index (χ0) is 19.8. The van der Waals surface area contributed by atoms with E-state index in [1.165, 1.54) is 6.42 Å². The molecule has 5 nitrogen and oxygen atoms in total. The van der Waals surface area contributed by atoms with Crippen LogP contribution >= 0.6 is 0 Å². The Balaban J connectivity index is 1.36. The molecule has 1 saturated carbocycles. The van der Waals surface area contributed by atoms with E-state index in [9.17, 15) is 9.90 Å². The standard InChI is InChI=1S/C23H31NO4/c1-18(16-19-9-10-20-21(17-19)28-15-14-27-20)24-22(25)8-4-2-5-11-23(26)12-6-3-7-13-23/h9-10,17-18,26H,2-4,6-8,12-16H2,1H3,(H,24,25). The van der Waals surface area contributed by atoms with E-state index in [4.69, 9.17) is 9.47 Å². The minimum Gasteiger partial charge on any atom is -0.486 e. The molecule has 2 aliphatic rings. The van der Waals surface area contributed by atoms with Crippen molar-refractivity contribution >= 4 is 5.91 Å². The molecule has 1 amide bonds. The molecule has 5 heteroatoms. The molecular weight excluding hydrogens is 354 g/mol. The first kappa shape index (κ1) is 20.5. The van der Waals surface area contributed by atoms with Crippen LogP contribution < -0.4 is 14.8 Å². The first-order valence-electron chi connectivity index (χ1n) is 10.4. The summed E-state index contributed by atoms with van der Waals surface area (Å²) in [5.41, 5.74) is 0.321. The van der Waals surface area contributed by atoms with Crippen LogP contribution in [-0.4, -0.2) is 35.9 Å². The zero-order valence-corrected chi connectivity index (χ0v) is 16.8. The molecule has 1 aromatic carbocycles. The largest absolute Gasteiger partial charge is 0.486 e. The van der Waals surface area contributed by atoms with Crippen molar-refractivity contribution in [1.29, 1.82) is 0 Å². The van der Waals surface area contributed by atoms with Crippen LogP contribution in [-0.2, 0) is 11.2 Å². The van der Waals surface area contributed by atoms with Crippen molar-refractivity contribution in [3.05, 3.63) is 23.8 Å². The normalized spacial score (nSPS) is 18.5. The van der Waals surface area contributed by atoms with Crippen LogP contribution in [0.1, 0.15) is 63.9 Å². The maximum Gasteiger partial charge on any atom is 0.220 e. The quantitative estimate of drug-likeness (QED) is 0.582. The predicted octanol–water partition coefficient (Wildman–Crippen LogP) is 3.37. The molecule has 1 aliphatic carbocycles. The molecule has 1 aliphatic heterocycles. The Kier molecular flexibility index (Phi) is 7.22. The number of nitrogens with one attached hydrogen (secondary N) is 1. The number of amides is 1. The predicted molar refractivity (Wildman–Crippen MR) is 108 cm³/mol. The van der Waals surface area contributed by atoms with Gasteiger partial charge in [-0.3, -0.25) is 4.79 Å². The topological polar surface area (TPSA) is 67.8 Å². The number of hydrogen-bond donors (Lipinski definition) is 2. The number of aliphatic hydroxyl groups is 1. The zero-order valence-electron chi connectivity index (χ0n) is 16.8. The number of rotatable bonds is 6. The van der Waals surface area contributed by atoms with E-state index in [-0.39, 0.29) is 11.9 Å². The second kappa shape index (κ2) is 9.84. The minimum atomic E-state index is -0.793. The fourth-order valence-electron chi connectivity index (χ4n) is 3.79. The van der Waals surface area contributed by atoms with Gasteiger partial charge in [-0.2, -0.15) is 0 Å². The molecule has 1 fully saturated rings. The molecule has 1 atom stereocenters. The highest BCUT2D eigenvalue weighted by atomic mass is 16.6. The lowest BCUT2D eigenvalue weighted by atomic mass is 9.85. The van der Waals surface area contributed by atoms with Crippen molar-refractivity contribution in [3.8, 4) is 23.3 Å². The van der Waals surface area contributed by atoms with Crippen molar-refractivity contribution in [2.45, 2.75) is 76.4 Å². The highest BCUT2D eigenvalue weighted by Gasteiger charge is 2.26. The maximum atomic E-state index is 12.2. The SMILES string of the molecule is CC(Cc1ccc2c(c1)OCCO2)NC(=O)CCCC#CC1(O)CCCCC1. The van der Waals surface area contributed by atoms with E-state index >= 15 is 0 Å². The highest BCUT2D eigenvalue weighted by molar-refractivity contribution is 5.76. The molecule has 0 aromatic heterocycles. The van der Waals surface area contributed by atoms with E-state index in [2.05, 4.69) is 17.2 Å². The lowest BCUT2D eigenvalue weighted by molar-refractivity contribution is -0.121. The number of unbranched alkanes of at least 4 members (excludes halogenated alkanes) is 1. The number of benzene rings is 1. The number of fused-ring (bicyclic) bond motifs is 1. The van der Waals surface area contributed by atoms with Crippen LogP contribution in [0.3, 0.4) is 0 Å². The van der Waals surface area contributed by atoms with Crippen LogP contribution in [0.15, 0.2) is 18.2 Å². The van der Waals surface area contributed by atoms with Gasteiger partial charge in [-0.25, -0.2) is 0 Å². The van der Waals surface area contributed by atoms with Crippen molar-refractivity contribution in [2.75, 3.05) is 13.2 Å². The van der Waals surface area contributed by atoms with E-state index in [0.29, 0.717) is 32.5 Å². The van der Waals surface area contributed by atoms with E-state index in [1.807, 2.05) is 25.1 Å². The third-order valence-electron chi connectivity index (χ3n) is 5.26. The van der Waals surface area contributed by atoms with Gasteiger partial charge in [-0.1, -0.05) is 18.4 Å². The summed E-state index contributed by atoms with van der Waals surface area (Å²) in [5, 5.41) is 13.4. The summed E-state index contributed by atoms with van der Waals surface area (Å²) in [5.74, 6) is 7.70. The van der Waals surface area contributed by atoms with Crippen LogP contribution in [0.25, 0.3) is 0 Å². The third-order valence-corrected chi connectivity index (χ3v) is 5.26. The summed E-state index contributed by atoms with van der Waals surface area (Å²) in [6.07, 6.45) is 7.40. The Hall–Kier alpha value is -2.19. The van der Waals surface area contributed by atoms with Gasteiger partial charge in [0, 0.05) is 18.9 Å². The summed E-state index contributed by atoms with van der Waals surface area (Å²) in [7, 11) is 0. The van der Waals surface area contributed by atoms with Crippen LogP contribution in [0.4, 0.5) is 0 Å². The summed E-state index contributed by atoms with van der Waals surface area (Å²) in [4.78, 5) is 12.2. The first-order valence-corrected chi connectivity index (χ1v) is 10.4. The monoisotopic (exact) mass is 385 g/mol. The van der Waals surface area contributed by atoms with Gasteiger partial charge >= 0.3 is 0 Å². The Morgan fingerprint density at radius 2 is 1.96 bits per heavy atom. The van der Waals surface area contributed by atoms with Gasteiger partial charge in [0.2, 0.25) is 5.91 Å². The summed E-state index contributed by atoms with van der Waals surface area (Å²) in [6, 6.07) is 5.98. The van der Waals surface area contributed by atoms with Crippen LogP contribution in [0.2, 0.25) is 0 Å². The summed E-state index contributed by atoms with van der Waals surface area (Å²) < 4.78 is 11.1. The minimum absolute atomic E-state index is 0.0446. The molecule has 1 heterocycles. The first-order chi connectivity index (χ1) is 13.5. The molecule has 0 spiro atoms. The van der Waals surface area contributed by atoms with Gasteiger partial charge in [-0.15, -0.1) is 5.92 Å². The maximum absolute atomic E-state index is 12.2. The average Bonchev–Trinajstić information content (AvgIpc) is 2.68. The number of carbonyl (C=O) groups is 1. The number of carbonyl (C=O) groups excluding carboxylic acids is 1. The van der Waals surface area contributed by atoms with Crippen LogP contribution in [0.5, 0.6) is 11.5 Å². The highest BCUT2D eigenvalue weighted by Crippen LogP contribution is 2.31. The van der Waals surface area contributed by atoms with Gasteiger partial charge in [-0.05, 0) is 63.1 Å². The Bertz CT molecular complexity index is 728. The molecular formula is C23H31NO4. The van der Waals surface area contributed by atoms with E-state index in [1.54, 1.807) is 0 Å². The lowest BCUT2D eigenvalue weighted by Crippen LogP contribution is -2.33. The van der Waals surface area contributed by atoms with E-state index in [0.717, 1.165) is 49.2 Å². The van der Waals surface area contributed by atoms with Crippen molar-refractivity contribution < 1.29 is 19.4 Å². The molecule has 0 bridgehead atoms. The van der Waals surface area contributed by atoms with Crippen molar-refractivity contribution in [1.82, 2.24) is 5.32 Å². The van der Waals surface area contributed by atoms with Gasteiger partial charge in [0.05, 0.1) is 0 Å². The molecule has 1 aromatic rings. The Morgan fingerprint density at radius 1 is 1.21 bits per heavy atom. The molecule has 3 rings (SSSR count). The molecule has 2 N–H and O–H groups in total. The summed E-state index contributed by atoms with van der Waals surface area (Å²) >= 11 is 0. The van der Waals surface area contributed by atoms with E-state index < -0.39 is 5.60 Å². The Morgan fingerprint density at radius 3 is 2.75 bits per heavy atom. The van der Waals surface area contributed by atoms with Crippen molar-refractivity contribution in [3.63, 3.8) is 0 Å². The number of hydrogen-bond acceptors (Lipinski definition) is 4. The molecule has 0 radical (unpaired) electrons. The Labute approximate surface area is 167 Å². The molecule has 1 unspecified atom stereocenters. The average molecular weight is 386 g/mol. The smallest absolute Gasteiger partial charge is 0.220 e. The second-order valence-corrected chi connectivity index (χ2v) is 7.90. The molecule has 0 saturated heterocycles. The number of ether oxygens (including phenoxy) is 2. The van der Waals surface area contributed by atoms with Gasteiger partial charge in [0.25, 0.3) is 0 Å². The van der Waals surface area contributed by atoms with Gasteiger partial charge < -0.3 is 19.9 Å². The second-order valence-electron chi connectivity index (χ2n) is 7.90. The van der Waals surface area contributed by atoms with Gasteiger partial charge in [0.1, 0.15) is 18.8 Å². The fourth-order valence-corrected chi connectivity index (χ4v) is 3.79. The van der Waals surface area contributed by atoms with Crippen molar-refractivity contribution in [2.24, 2.45) is 0 Å². The third kappa shape index (κ3) is 6.17. The molecule has 152 valence electrons. The molecule has 28 heavy (non-hydrogen) atoms. The van der Waals surface area contributed by atoms with Gasteiger partial charge in [0.15, 0.2) is 11.5 Å². The van der Waals surface area contributed by atoms with Crippen LogP contribution in [0, 0.1) is 11.8 Å².